The van der Waals surface area contributed by atoms with Gasteiger partial charge in [0, 0.05) is 12.6 Å². The van der Waals surface area contributed by atoms with Gasteiger partial charge in [-0.1, -0.05) is 23.7 Å². The molecule has 8 heteroatoms. The highest BCUT2D eigenvalue weighted by molar-refractivity contribution is 7.89. The van der Waals surface area contributed by atoms with E-state index in [0.29, 0.717) is 0 Å². The summed E-state index contributed by atoms with van der Waals surface area (Å²) in [4.78, 5) is 12.4. The molecule has 26 heavy (non-hydrogen) atoms. The second-order valence-corrected chi connectivity index (χ2v) is 8.07. The van der Waals surface area contributed by atoms with Crippen molar-refractivity contribution in [2.24, 2.45) is 0 Å². The monoisotopic (exact) mass is 396 g/mol. The summed E-state index contributed by atoms with van der Waals surface area (Å²) in [6.07, 6.45) is 0. The Morgan fingerprint density at radius 2 is 1.81 bits per heavy atom. The number of sulfonamides is 1. The number of hydrogen-bond donors (Lipinski definition) is 2. The van der Waals surface area contributed by atoms with Crippen LogP contribution in [0.5, 0.6) is 5.75 Å². The van der Waals surface area contributed by atoms with Crippen molar-refractivity contribution in [2.75, 3.05) is 7.11 Å². The normalized spacial score (nSPS) is 11.4. The molecule has 0 aliphatic carbocycles. The zero-order valence-corrected chi connectivity index (χ0v) is 16.3. The van der Waals surface area contributed by atoms with Crippen molar-refractivity contribution in [1.82, 2.24) is 10.0 Å². The van der Waals surface area contributed by atoms with E-state index >= 15 is 0 Å². The number of amides is 1. The van der Waals surface area contributed by atoms with Crippen LogP contribution < -0.4 is 14.8 Å². The van der Waals surface area contributed by atoms with Crippen LogP contribution in [0.2, 0.25) is 5.02 Å². The third-order valence-electron chi connectivity index (χ3n) is 3.50. The van der Waals surface area contributed by atoms with E-state index in [0.717, 1.165) is 11.3 Å². The molecule has 0 aliphatic heterocycles. The summed E-state index contributed by atoms with van der Waals surface area (Å²) in [6.45, 7) is 3.71. The molecule has 2 N–H and O–H groups in total. The molecule has 0 heterocycles. The molecule has 1 amide bonds. The molecule has 6 nitrogen and oxygen atoms in total. The summed E-state index contributed by atoms with van der Waals surface area (Å²) < 4.78 is 32.1. The van der Waals surface area contributed by atoms with Crippen molar-refractivity contribution in [1.29, 1.82) is 0 Å². The molecule has 2 aromatic carbocycles. The number of carbonyl (C=O) groups excluding carboxylic acids is 1. The van der Waals surface area contributed by atoms with Crippen LogP contribution in [0.15, 0.2) is 47.4 Å². The topological polar surface area (TPSA) is 84.5 Å². The van der Waals surface area contributed by atoms with E-state index in [1.807, 2.05) is 12.1 Å². The van der Waals surface area contributed by atoms with Gasteiger partial charge in [0.2, 0.25) is 10.0 Å². The number of rotatable bonds is 7. The van der Waals surface area contributed by atoms with Gasteiger partial charge in [0.25, 0.3) is 5.91 Å². The first-order chi connectivity index (χ1) is 12.2. The Kier molecular flexibility index (Phi) is 6.63. The summed E-state index contributed by atoms with van der Waals surface area (Å²) in [7, 11) is -2.13. The predicted octanol–water partition coefficient (Wildman–Crippen LogP) is 2.97. The number of carbonyl (C=O) groups is 1. The van der Waals surface area contributed by atoms with E-state index in [9.17, 15) is 13.2 Å². The first kappa shape index (κ1) is 20.2. The van der Waals surface area contributed by atoms with Crippen LogP contribution in [-0.4, -0.2) is 27.5 Å². The Morgan fingerprint density at radius 3 is 2.38 bits per heavy atom. The molecular weight excluding hydrogens is 376 g/mol. The molecule has 140 valence electrons. The highest BCUT2D eigenvalue weighted by Crippen LogP contribution is 2.21. The van der Waals surface area contributed by atoms with Gasteiger partial charge in [-0.2, -0.15) is 0 Å². The molecule has 0 fully saturated rings. The van der Waals surface area contributed by atoms with Gasteiger partial charge < -0.3 is 10.1 Å². The summed E-state index contributed by atoms with van der Waals surface area (Å²) in [5.74, 6) is 0.270. The molecule has 0 aromatic heterocycles. The lowest BCUT2D eigenvalue weighted by Crippen LogP contribution is -2.30. The van der Waals surface area contributed by atoms with Crippen molar-refractivity contribution in [2.45, 2.75) is 31.3 Å². The Morgan fingerprint density at radius 1 is 1.15 bits per heavy atom. The number of benzene rings is 2. The summed E-state index contributed by atoms with van der Waals surface area (Å²) >= 11 is 6.08. The third-order valence-corrected chi connectivity index (χ3v) is 5.48. The molecule has 0 saturated heterocycles. The van der Waals surface area contributed by atoms with Gasteiger partial charge in [-0.05, 0) is 49.7 Å². The molecule has 2 aromatic rings. The van der Waals surface area contributed by atoms with E-state index in [4.69, 9.17) is 16.3 Å². The van der Waals surface area contributed by atoms with Crippen LogP contribution in [0.1, 0.15) is 29.8 Å². The van der Waals surface area contributed by atoms with Gasteiger partial charge in [0.1, 0.15) is 5.75 Å². The number of ether oxygens (including phenoxy) is 1. The summed E-state index contributed by atoms with van der Waals surface area (Å²) in [5.41, 5.74) is 0.979. The van der Waals surface area contributed by atoms with Gasteiger partial charge >= 0.3 is 0 Å². The minimum absolute atomic E-state index is 0.00908. The van der Waals surface area contributed by atoms with Crippen LogP contribution >= 0.6 is 11.6 Å². The standard InChI is InChI=1S/C18H21ClN2O4S/c1-12(2)21-26(23,24)15-8-9-17(19)16(10-15)18(22)20-11-13-4-6-14(25-3)7-5-13/h4-10,12,21H,11H2,1-3H3,(H,20,22). The molecular formula is C18H21ClN2O4S. The van der Waals surface area contributed by atoms with Crippen LogP contribution in [0, 0.1) is 0 Å². The molecule has 0 aliphatic rings. The van der Waals surface area contributed by atoms with Crippen molar-refractivity contribution < 1.29 is 17.9 Å². The Labute approximate surface area is 158 Å². The fourth-order valence-corrected chi connectivity index (χ4v) is 3.73. The third kappa shape index (κ3) is 5.20. The lowest BCUT2D eigenvalue weighted by Gasteiger charge is -2.12. The van der Waals surface area contributed by atoms with Crippen molar-refractivity contribution >= 4 is 27.5 Å². The van der Waals surface area contributed by atoms with Crippen molar-refractivity contribution in [3.8, 4) is 5.75 Å². The zero-order valence-electron chi connectivity index (χ0n) is 14.7. The highest BCUT2D eigenvalue weighted by Gasteiger charge is 2.19. The first-order valence-electron chi connectivity index (χ1n) is 7.96. The van der Waals surface area contributed by atoms with Crippen molar-refractivity contribution in [3.63, 3.8) is 0 Å². The largest absolute Gasteiger partial charge is 0.497 e. The molecule has 0 saturated carbocycles. The lowest BCUT2D eigenvalue weighted by atomic mass is 10.2. The minimum atomic E-state index is -3.71. The smallest absolute Gasteiger partial charge is 0.253 e. The fraction of sp³-hybridized carbons (Fsp3) is 0.278. The molecule has 0 spiro atoms. The average molecular weight is 397 g/mol. The second kappa shape index (κ2) is 8.53. The van der Waals surface area contributed by atoms with Crippen LogP contribution in [-0.2, 0) is 16.6 Å². The average Bonchev–Trinajstić information content (AvgIpc) is 2.59. The molecule has 0 bridgehead atoms. The van der Waals surface area contributed by atoms with Crippen LogP contribution in [0.4, 0.5) is 0 Å². The number of nitrogens with one attached hydrogen (secondary N) is 2. The number of hydrogen-bond acceptors (Lipinski definition) is 4. The van der Waals surface area contributed by atoms with Crippen molar-refractivity contribution in [3.05, 3.63) is 58.6 Å². The Hall–Kier alpha value is -2.09. The highest BCUT2D eigenvalue weighted by atomic mass is 35.5. The van der Waals surface area contributed by atoms with E-state index in [1.54, 1.807) is 33.1 Å². The fourth-order valence-electron chi connectivity index (χ4n) is 2.24. The van der Waals surface area contributed by atoms with Gasteiger partial charge in [-0.3, -0.25) is 4.79 Å². The quantitative estimate of drug-likeness (QED) is 0.753. The minimum Gasteiger partial charge on any atom is -0.497 e. The molecule has 0 unspecified atom stereocenters. The summed E-state index contributed by atoms with van der Waals surface area (Å²) in [5, 5.41) is 2.91. The van der Waals surface area contributed by atoms with Gasteiger partial charge in [-0.15, -0.1) is 0 Å². The van der Waals surface area contributed by atoms with E-state index < -0.39 is 15.9 Å². The molecule has 0 atom stereocenters. The molecule has 0 radical (unpaired) electrons. The van der Waals surface area contributed by atoms with Gasteiger partial charge in [0.15, 0.2) is 0 Å². The van der Waals surface area contributed by atoms with E-state index in [1.165, 1.54) is 18.2 Å². The Balaban J connectivity index is 2.16. The van der Waals surface area contributed by atoms with E-state index in [2.05, 4.69) is 10.0 Å². The maximum Gasteiger partial charge on any atom is 0.253 e. The van der Waals surface area contributed by atoms with Crippen LogP contribution in [0.25, 0.3) is 0 Å². The predicted molar refractivity (Wildman–Crippen MR) is 101 cm³/mol. The summed E-state index contributed by atoms with van der Waals surface area (Å²) in [6, 6.07) is 11.0. The van der Waals surface area contributed by atoms with Gasteiger partial charge in [-0.25, -0.2) is 13.1 Å². The lowest BCUT2D eigenvalue weighted by molar-refractivity contribution is 0.0951. The first-order valence-corrected chi connectivity index (χ1v) is 9.82. The van der Waals surface area contributed by atoms with E-state index in [-0.39, 0.29) is 28.1 Å². The van der Waals surface area contributed by atoms with Crippen LogP contribution in [0.3, 0.4) is 0 Å². The van der Waals surface area contributed by atoms with Gasteiger partial charge in [0.05, 0.1) is 22.6 Å². The Bertz CT molecular complexity index is 881. The maximum absolute atomic E-state index is 12.4. The maximum atomic E-state index is 12.4. The zero-order chi connectivity index (χ0) is 19.3. The number of methoxy groups -OCH3 is 1. The second-order valence-electron chi connectivity index (χ2n) is 5.95. The number of halogens is 1. The molecule has 2 rings (SSSR count). The SMILES string of the molecule is COc1ccc(CNC(=O)c2cc(S(=O)(=O)NC(C)C)ccc2Cl)cc1.